The molecule has 0 saturated heterocycles. The van der Waals surface area contributed by atoms with Gasteiger partial charge in [-0.25, -0.2) is 4.68 Å². The number of hydrogen-bond donors (Lipinski definition) is 1. The molecule has 1 fully saturated rings. The van der Waals surface area contributed by atoms with Crippen LogP contribution in [0.15, 0.2) is 10.7 Å². The van der Waals surface area contributed by atoms with E-state index < -0.39 is 0 Å². The van der Waals surface area contributed by atoms with Crippen LogP contribution >= 0.6 is 15.9 Å². The van der Waals surface area contributed by atoms with Crippen LogP contribution in [0.5, 0.6) is 0 Å². The second-order valence-corrected chi connectivity index (χ2v) is 5.21. The molecule has 76 valence electrons. The average Bonchev–Trinajstić information content (AvgIpc) is 2.45. The van der Waals surface area contributed by atoms with Gasteiger partial charge in [-0.05, 0) is 27.8 Å². The molecule has 14 heavy (non-hydrogen) atoms. The first kappa shape index (κ1) is 8.77. The van der Waals surface area contributed by atoms with Crippen LogP contribution in [0.25, 0.3) is 0 Å². The lowest BCUT2D eigenvalue weighted by Crippen LogP contribution is -2.35. The molecule has 1 saturated carbocycles. The summed E-state index contributed by atoms with van der Waals surface area (Å²) >= 11 is 3.49. The SMILES string of the molecule is Brc1cnn2c1NCC(C1CCC1)C2. The number of nitrogens with one attached hydrogen (secondary N) is 1. The summed E-state index contributed by atoms with van der Waals surface area (Å²) in [6.07, 6.45) is 6.15. The molecule has 2 aliphatic rings. The van der Waals surface area contributed by atoms with Crippen molar-refractivity contribution in [1.29, 1.82) is 0 Å². The van der Waals surface area contributed by atoms with Gasteiger partial charge in [-0.3, -0.25) is 0 Å². The molecular formula is C10H14BrN3. The molecule has 0 radical (unpaired) electrons. The number of hydrogen-bond acceptors (Lipinski definition) is 2. The van der Waals surface area contributed by atoms with Gasteiger partial charge in [-0.15, -0.1) is 0 Å². The van der Waals surface area contributed by atoms with E-state index in [4.69, 9.17) is 0 Å². The Morgan fingerprint density at radius 3 is 3.00 bits per heavy atom. The van der Waals surface area contributed by atoms with E-state index in [0.29, 0.717) is 0 Å². The minimum atomic E-state index is 0.794. The maximum Gasteiger partial charge on any atom is 0.138 e. The summed E-state index contributed by atoms with van der Waals surface area (Å²) in [6, 6.07) is 0. The Balaban J connectivity index is 1.79. The van der Waals surface area contributed by atoms with E-state index in [1.165, 1.54) is 19.3 Å². The lowest BCUT2D eigenvalue weighted by Gasteiger charge is -2.36. The molecule has 2 heterocycles. The molecule has 0 bridgehead atoms. The van der Waals surface area contributed by atoms with Gasteiger partial charge in [0.15, 0.2) is 0 Å². The van der Waals surface area contributed by atoms with Gasteiger partial charge >= 0.3 is 0 Å². The normalized spacial score (nSPS) is 26.5. The van der Waals surface area contributed by atoms with E-state index in [9.17, 15) is 0 Å². The Morgan fingerprint density at radius 1 is 1.43 bits per heavy atom. The molecule has 1 aromatic heterocycles. The summed E-state index contributed by atoms with van der Waals surface area (Å²) in [5.41, 5.74) is 0. The molecule has 1 aliphatic carbocycles. The third-order valence-corrected chi connectivity index (χ3v) is 4.13. The van der Waals surface area contributed by atoms with Crippen LogP contribution in [-0.4, -0.2) is 16.3 Å². The van der Waals surface area contributed by atoms with Gasteiger partial charge in [-0.2, -0.15) is 5.10 Å². The van der Waals surface area contributed by atoms with Crippen molar-refractivity contribution in [3.05, 3.63) is 10.7 Å². The topological polar surface area (TPSA) is 29.9 Å². The third kappa shape index (κ3) is 1.28. The second kappa shape index (κ2) is 3.26. The Labute approximate surface area is 92.0 Å². The van der Waals surface area contributed by atoms with E-state index >= 15 is 0 Å². The zero-order valence-corrected chi connectivity index (χ0v) is 9.63. The number of nitrogens with zero attached hydrogens (tertiary/aromatic N) is 2. The molecule has 1 atom stereocenters. The van der Waals surface area contributed by atoms with Crippen molar-refractivity contribution in [1.82, 2.24) is 9.78 Å². The highest BCUT2D eigenvalue weighted by Crippen LogP contribution is 2.37. The van der Waals surface area contributed by atoms with Gasteiger partial charge in [-0.1, -0.05) is 19.3 Å². The minimum absolute atomic E-state index is 0.794. The minimum Gasteiger partial charge on any atom is -0.369 e. The molecule has 3 nitrogen and oxygen atoms in total. The van der Waals surface area contributed by atoms with Crippen molar-refractivity contribution < 1.29 is 0 Å². The predicted octanol–water partition coefficient (Wildman–Crippen LogP) is 2.49. The molecule has 0 spiro atoms. The quantitative estimate of drug-likeness (QED) is 0.836. The molecule has 1 aliphatic heterocycles. The maximum absolute atomic E-state index is 4.35. The van der Waals surface area contributed by atoms with Crippen LogP contribution < -0.4 is 5.32 Å². The fraction of sp³-hybridized carbons (Fsp3) is 0.700. The summed E-state index contributed by atoms with van der Waals surface area (Å²) in [4.78, 5) is 0. The van der Waals surface area contributed by atoms with Crippen molar-refractivity contribution in [2.45, 2.75) is 25.8 Å². The van der Waals surface area contributed by atoms with Gasteiger partial charge in [0.1, 0.15) is 5.82 Å². The first-order valence-corrected chi connectivity index (χ1v) is 6.09. The standard InChI is InChI=1S/C10H14BrN3/c11-9-5-13-14-6-8(4-12-10(9)14)7-2-1-3-7/h5,7-8,12H,1-4,6H2. The van der Waals surface area contributed by atoms with Crippen LogP contribution in [-0.2, 0) is 6.54 Å². The van der Waals surface area contributed by atoms with Gasteiger partial charge in [0, 0.05) is 13.1 Å². The number of fused-ring (bicyclic) bond motifs is 1. The van der Waals surface area contributed by atoms with Crippen LogP contribution in [0.1, 0.15) is 19.3 Å². The molecule has 1 unspecified atom stereocenters. The van der Waals surface area contributed by atoms with E-state index in [-0.39, 0.29) is 0 Å². The van der Waals surface area contributed by atoms with Crippen molar-refractivity contribution >= 4 is 21.7 Å². The van der Waals surface area contributed by atoms with Crippen molar-refractivity contribution in [2.24, 2.45) is 11.8 Å². The number of aromatic nitrogens is 2. The predicted molar refractivity (Wildman–Crippen MR) is 59.2 cm³/mol. The monoisotopic (exact) mass is 255 g/mol. The first-order valence-electron chi connectivity index (χ1n) is 5.30. The van der Waals surface area contributed by atoms with Crippen LogP contribution in [0, 0.1) is 11.8 Å². The Hall–Kier alpha value is -0.510. The highest BCUT2D eigenvalue weighted by molar-refractivity contribution is 9.10. The molecular weight excluding hydrogens is 242 g/mol. The molecule has 1 N–H and O–H groups in total. The highest BCUT2D eigenvalue weighted by Gasteiger charge is 2.31. The van der Waals surface area contributed by atoms with E-state index in [2.05, 4.69) is 31.0 Å². The van der Waals surface area contributed by atoms with Crippen molar-refractivity contribution in [3.63, 3.8) is 0 Å². The molecule has 3 rings (SSSR count). The number of halogens is 1. The van der Waals surface area contributed by atoms with Crippen LogP contribution in [0.4, 0.5) is 5.82 Å². The second-order valence-electron chi connectivity index (χ2n) is 4.36. The lowest BCUT2D eigenvalue weighted by atomic mass is 9.75. The van der Waals surface area contributed by atoms with Crippen LogP contribution in [0.2, 0.25) is 0 Å². The molecule has 0 amide bonds. The number of anilines is 1. The zero-order chi connectivity index (χ0) is 9.54. The smallest absolute Gasteiger partial charge is 0.138 e. The van der Waals surface area contributed by atoms with E-state index in [0.717, 1.165) is 35.2 Å². The molecule has 0 aromatic carbocycles. The molecule has 1 aromatic rings. The Morgan fingerprint density at radius 2 is 2.29 bits per heavy atom. The zero-order valence-electron chi connectivity index (χ0n) is 8.04. The summed E-state index contributed by atoms with van der Waals surface area (Å²) in [6.45, 7) is 2.22. The Kier molecular flexibility index (Phi) is 2.04. The summed E-state index contributed by atoms with van der Waals surface area (Å²) < 4.78 is 3.18. The van der Waals surface area contributed by atoms with E-state index in [1.807, 2.05) is 6.20 Å². The maximum atomic E-state index is 4.35. The van der Waals surface area contributed by atoms with Gasteiger partial charge in [0.2, 0.25) is 0 Å². The lowest BCUT2D eigenvalue weighted by molar-refractivity contribution is 0.184. The van der Waals surface area contributed by atoms with Gasteiger partial charge in [0.25, 0.3) is 0 Å². The average molecular weight is 256 g/mol. The number of rotatable bonds is 1. The largest absolute Gasteiger partial charge is 0.369 e. The first-order chi connectivity index (χ1) is 6.84. The van der Waals surface area contributed by atoms with E-state index in [1.54, 1.807) is 0 Å². The Bertz CT molecular complexity index is 343. The fourth-order valence-electron chi connectivity index (χ4n) is 2.42. The van der Waals surface area contributed by atoms with Crippen LogP contribution in [0.3, 0.4) is 0 Å². The summed E-state index contributed by atoms with van der Waals surface area (Å²) in [7, 11) is 0. The van der Waals surface area contributed by atoms with Crippen molar-refractivity contribution in [3.8, 4) is 0 Å². The summed E-state index contributed by atoms with van der Waals surface area (Å²) in [5, 5.41) is 7.82. The fourth-order valence-corrected chi connectivity index (χ4v) is 2.85. The summed E-state index contributed by atoms with van der Waals surface area (Å²) in [5.74, 6) is 2.89. The van der Waals surface area contributed by atoms with Crippen molar-refractivity contribution in [2.75, 3.05) is 11.9 Å². The molecule has 4 heteroatoms. The third-order valence-electron chi connectivity index (χ3n) is 3.55. The van der Waals surface area contributed by atoms with Gasteiger partial charge < -0.3 is 5.32 Å². The van der Waals surface area contributed by atoms with Gasteiger partial charge in [0.05, 0.1) is 10.7 Å². The highest BCUT2D eigenvalue weighted by atomic mass is 79.9.